The summed E-state index contributed by atoms with van der Waals surface area (Å²) in [6.45, 7) is 9.98. The minimum absolute atomic E-state index is 0.152. The van der Waals surface area contributed by atoms with Crippen molar-refractivity contribution in [1.82, 2.24) is 19.8 Å². The number of amides is 2. The third-order valence-corrected chi connectivity index (χ3v) is 9.57. The topological polar surface area (TPSA) is 186 Å². The number of hydrogen-bond donors (Lipinski definition) is 4. The molecule has 270 valence electrons. The Morgan fingerprint density at radius 1 is 0.902 bits per heavy atom. The molecule has 16 heteroatoms. The molecule has 0 fully saturated rings. The lowest BCUT2D eigenvalue weighted by atomic mass is 10.0. The molecular weight excluding hydrogens is 688 g/mol. The van der Waals surface area contributed by atoms with Crippen molar-refractivity contribution in [2.24, 2.45) is 7.05 Å². The van der Waals surface area contributed by atoms with Gasteiger partial charge in [-0.3, -0.25) is 19.1 Å². The lowest BCUT2D eigenvalue weighted by Crippen LogP contribution is -2.42. The summed E-state index contributed by atoms with van der Waals surface area (Å²) in [6, 6.07) is 8.81. The van der Waals surface area contributed by atoms with E-state index >= 15 is 8.78 Å². The molecule has 0 bridgehead atoms. The predicted molar refractivity (Wildman–Crippen MR) is 185 cm³/mol. The van der Waals surface area contributed by atoms with Crippen molar-refractivity contribution < 1.29 is 36.7 Å². The van der Waals surface area contributed by atoms with Crippen LogP contribution < -0.4 is 26.6 Å². The van der Waals surface area contributed by atoms with Gasteiger partial charge in [0.1, 0.15) is 17.7 Å². The molecule has 13 nitrogen and oxygen atoms in total. The summed E-state index contributed by atoms with van der Waals surface area (Å²) in [7, 11) is -2.97. The van der Waals surface area contributed by atoms with Gasteiger partial charge in [0.15, 0.2) is 0 Å². The van der Waals surface area contributed by atoms with Crippen molar-refractivity contribution in [1.29, 1.82) is 0 Å². The van der Waals surface area contributed by atoms with E-state index in [-0.39, 0.29) is 28.1 Å². The van der Waals surface area contributed by atoms with Crippen LogP contribution >= 0.6 is 0 Å². The highest BCUT2D eigenvalue weighted by molar-refractivity contribution is 7.92. The van der Waals surface area contributed by atoms with Crippen molar-refractivity contribution in [2.45, 2.75) is 64.4 Å². The quantitative estimate of drug-likeness (QED) is 0.191. The third kappa shape index (κ3) is 8.40. The molecule has 0 aliphatic heterocycles. The van der Waals surface area contributed by atoms with Gasteiger partial charge in [-0.05, 0) is 89.1 Å². The molecule has 0 unspecified atom stereocenters. The van der Waals surface area contributed by atoms with Crippen LogP contribution in [0.4, 0.5) is 14.5 Å². The summed E-state index contributed by atoms with van der Waals surface area (Å²) in [5.41, 5.74) is -1.52. The Morgan fingerprint density at radius 2 is 1.53 bits per heavy atom. The van der Waals surface area contributed by atoms with E-state index in [0.717, 1.165) is 10.6 Å². The van der Waals surface area contributed by atoms with Crippen molar-refractivity contribution in [3.63, 3.8) is 0 Å². The van der Waals surface area contributed by atoms with Gasteiger partial charge in [-0.15, -0.1) is 0 Å². The van der Waals surface area contributed by atoms with Crippen molar-refractivity contribution >= 4 is 33.5 Å². The number of aromatic nitrogens is 2. The van der Waals surface area contributed by atoms with Gasteiger partial charge in [0.2, 0.25) is 0 Å². The van der Waals surface area contributed by atoms with Gasteiger partial charge in [0.05, 0.1) is 21.8 Å². The zero-order valence-corrected chi connectivity index (χ0v) is 29.7. The number of nitrogens with zero attached hydrogens (tertiary/aromatic N) is 2. The first-order valence-electron chi connectivity index (χ1n) is 15.5. The predicted octanol–water partition coefficient (Wildman–Crippen LogP) is 3.49. The largest absolute Gasteiger partial charge is 0.480 e. The zero-order chi connectivity index (χ0) is 38.2. The molecular formula is C35H37F2N5O8S. The molecule has 0 aliphatic rings. The summed E-state index contributed by atoms with van der Waals surface area (Å²) in [5, 5.41) is 14.7. The van der Waals surface area contributed by atoms with Crippen LogP contribution in [0.5, 0.6) is 0 Å². The van der Waals surface area contributed by atoms with Gasteiger partial charge in [0, 0.05) is 41.9 Å². The maximum Gasteiger partial charge on any atom is 0.335 e. The molecule has 0 saturated heterocycles. The molecule has 2 amide bonds. The molecule has 0 spiro atoms. The molecule has 3 aromatic carbocycles. The lowest BCUT2D eigenvalue weighted by molar-refractivity contribution is -0.139. The highest BCUT2D eigenvalue weighted by Crippen LogP contribution is 2.25. The molecule has 4 N–H and O–H groups in total. The number of carbonyl (C=O) groups excluding carboxylic acids is 2. The smallest absolute Gasteiger partial charge is 0.335 e. The molecule has 0 radical (unpaired) electrons. The summed E-state index contributed by atoms with van der Waals surface area (Å²) in [4.78, 5) is 62.7. The molecule has 1 aromatic heterocycles. The minimum Gasteiger partial charge on any atom is -0.480 e. The maximum absolute atomic E-state index is 15.1. The molecule has 51 heavy (non-hydrogen) atoms. The fraction of sp³-hybridized carbons (Fsp3) is 0.286. The number of nitrogens with one attached hydrogen (secondary N) is 3. The first-order valence-corrected chi connectivity index (χ1v) is 17.0. The minimum atomic E-state index is -4.49. The van der Waals surface area contributed by atoms with Gasteiger partial charge in [-0.1, -0.05) is 12.1 Å². The number of aryl methyl sites for hydroxylation is 1. The van der Waals surface area contributed by atoms with E-state index in [9.17, 15) is 37.5 Å². The van der Waals surface area contributed by atoms with E-state index < -0.39 is 73.5 Å². The van der Waals surface area contributed by atoms with E-state index in [1.807, 2.05) is 4.72 Å². The van der Waals surface area contributed by atoms with Gasteiger partial charge < -0.3 is 20.3 Å². The Bertz CT molecular complexity index is 2260. The third-order valence-electron chi connectivity index (χ3n) is 8.05. The summed E-state index contributed by atoms with van der Waals surface area (Å²) >= 11 is 0. The molecule has 4 rings (SSSR count). The maximum atomic E-state index is 15.1. The van der Waals surface area contributed by atoms with Gasteiger partial charge in [0.25, 0.3) is 27.4 Å². The average Bonchev–Trinajstić information content (AvgIpc) is 3.03. The lowest BCUT2D eigenvalue weighted by Gasteiger charge is -2.21. The van der Waals surface area contributed by atoms with Crippen LogP contribution in [0.15, 0.2) is 69.1 Å². The van der Waals surface area contributed by atoms with E-state index in [4.69, 9.17) is 0 Å². The second-order valence-electron chi connectivity index (χ2n) is 13.0. The SMILES string of the molecule is Cc1cc(C(=O)NC(C)(C)C)ccc1S(=O)(=O)Nc1cc(F)c(C(=O)N[C@@H](Cc2ccc(-n3c(=O)c(C)c(C)n(C)c3=O)cc2)C(=O)O)cc1F. The zero-order valence-electron chi connectivity index (χ0n) is 28.8. The molecule has 4 aromatic rings. The number of hydrogen-bond acceptors (Lipinski definition) is 7. The van der Waals surface area contributed by atoms with Crippen LogP contribution in [0.3, 0.4) is 0 Å². The number of rotatable bonds is 10. The molecule has 0 aliphatic carbocycles. The van der Waals surface area contributed by atoms with Gasteiger partial charge in [-0.25, -0.2) is 31.4 Å². The fourth-order valence-corrected chi connectivity index (χ4v) is 6.42. The molecule has 0 saturated carbocycles. The number of halogens is 2. The number of carbonyl (C=O) groups is 3. The van der Waals surface area contributed by atoms with Crippen LogP contribution in [0.25, 0.3) is 5.69 Å². The normalized spacial score (nSPS) is 12.3. The Kier molecular flexibility index (Phi) is 10.7. The second kappa shape index (κ2) is 14.3. The van der Waals surface area contributed by atoms with Crippen LogP contribution in [0.1, 0.15) is 63.9 Å². The van der Waals surface area contributed by atoms with Crippen molar-refractivity contribution in [3.8, 4) is 5.69 Å². The summed E-state index contributed by atoms with van der Waals surface area (Å²) < 4.78 is 60.7. The first kappa shape index (κ1) is 38.2. The number of aliphatic carboxylic acids is 1. The summed E-state index contributed by atoms with van der Waals surface area (Å²) in [5.74, 6) is -5.87. The number of benzene rings is 3. The number of carboxylic acids is 1. The summed E-state index contributed by atoms with van der Waals surface area (Å²) in [6.07, 6.45) is -0.306. The van der Waals surface area contributed by atoms with E-state index in [0.29, 0.717) is 29.0 Å². The number of carboxylic acid groups (broad SMARTS) is 1. The van der Waals surface area contributed by atoms with Crippen LogP contribution in [-0.4, -0.2) is 52.0 Å². The Labute approximate surface area is 292 Å². The highest BCUT2D eigenvalue weighted by Gasteiger charge is 2.26. The van der Waals surface area contributed by atoms with Crippen LogP contribution in [0.2, 0.25) is 0 Å². The van der Waals surface area contributed by atoms with Crippen LogP contribution in [-0.2, 0) is 28.3 Å². The number of sulfonamides is 1. The van der Waals surface area contributed by atoms with Crippen molar-refractivity contribution in [3.05, 3.63) is 121 Å². The van der Waals surface area contributed by atoms with Gasteiger partial charge >= 0.3 is 11.7 Å². The Morgan fingerprint density at radius 3 is 2.10 bits per heavy atom. The van der Waals surface area contributed by atoms with Crippen molar-refractivity contribution in [2.75, 3.05) is 4.72 Å². The first-order chi connectivity index (χ1) is 23.6. The fourth-order valence-electron chi connectivity index (χ4n) is 5.14. The van der Waals surface area contributed by atoms with E-state index in [1.165, 1.54) is 54.9 Å². The second-order valence-corrected chi connectivity index (χ2v) is 14.7. The van der Waals surface area contributed by atoms with E-state index in [2.05, 4.69) is 10.6 Å². The molecule has 1 heterocycles. The number of anilines is 1. The van der Waals surface area contributed by atoms with Gasteiger partial charge in [-0.2, -0.15) is 0 Å². The van der Waals surface area contributed by atoms with E-state index in [1.54, 1.807) is 34.6 Å². The van der Waals surface area contributed by atoms with Crippen LogP contribution in [0, 0.1) is 32.4 Å². The Hall–Kier alpha value is -5.64. The Balaban J connectivity index is 1.51. The molecule has 1 atom stereocenters. The monoisotopic (exact) mass is 725 g/mol. The average molecular weight is 726 g/mol. The standard InChI is InChI=1S/C35H37F2N5O8S/c1-18-14-22(30(43)39-35(4,5)6)10-13-29(18)51(49,50)40-27-17-25(36)24(16-26(27)37)31(44)38-28(33(46)47)15-21-8-11-23(12-9-21)42-32(45)19(2)20(3)41(7)34(42)48/h8-14,16-17,28,40H,15H2,1-7H3,(H,38,44)(H,39,43)(H,46,47)/t28-/m0/s1. The highest BCUT2D eigenvalue weighted by atomic mass is 32.2.